The summed E-state index contributed by atoms with van der Waals surface area (Å²) in [5.74, 6) is 0.392. The SMILES string of the molecule is COc1ccc(CCNC(=O)C2=CC(=O)N=C3C=CC=CC23)cc1OC. The predicted molar refractivity (Wildman–Crippen MR) is 98.6 cm³/mol. The van der Waals surface area contributed by atoms with E-state index in [1.165, 1.54) is 6.08 Å². The zero-order valence-corrected chi connectivity index (χ0v) is 14.7. The van der Waals surface area contributed by atoms with Gasteiger partial charge in [-0.05, 0) is 30.2 Å². The van der Waals surface area contributed by atoms with Gasteiger partial charge in [0, 0.05) is 18.2 Å². The third kappa shape index (κ3) is 3.74. The van der Waals surface area contributed by atoms with Gasteiger partial charge in [0.25, 0.3) is 5.91 Å². The molecule has 0 radical (unpaired) electrons. The summed E-state index contributed by atoms with van der Waals surface area (Å²) in [5.41, 5.74) is 2.04. The monoisotopic (exact) mass is 352 g/mol. The average Bonchev–Trinajstić information content (AvgIpc) is 2.67. The van der Waals surface area contributed by atoms with Crippen LogP contribution in [0.5, 0.6) is 11.5 Å². The number of hydrogen-bond acceptors (Lipinski definition) is 4. The van der Waals surface area contributed by atoms with Gasteiger partial charge in [0.2, 0.25) is 5.91 Å². The molecule has 2 amide bonds. The Morgan fingerprint density at radius 1 is 1.19 bits per heavy atom. The Bertz CT molecular complexity index is 849. The van der Waals surface area contributed by atoms with E-state index in [9.17, 15) is 9.59 Å². The van der Waals surface area contributed by atoms with Gasteiger partial charge in [0.15, 0.2) is 11.5 Å². The number of aliphatic imine (C=N–C) groups is 1. The first-order chi connectivity index (χ1) is 12.6. The number of fused-ring (bicyclic) bond motifs is 1. The molecular formula is C20H20N2O4. The van der Waals surface area contributed by atoms with E-state index >= 15 is 0 Å². The number of nitrogens with one attached hydrogen (secondary N) is 1. The molecule has 1 atom stereocenters. The van der Waals surface area contributed by atoms with Gasteiger partial charge >= 0.3 is 0 Å². The second kappa shape index (κ2) is 7.82. The van der Waals surface area contributed by atoms with Crippen LogP contribution in [0.4, 0.5) is 0 Å². The van der Waals surface area contributed by atoms with Crippen molar-refractivity contribution in [3.8, 4) is 11.5 Å². The number of benzene rings is 1. The Morgan fingerprint density at radius 3 is 2.77 bits per heavy atom. The molecule has 26 heavy (non-hydrogen) atoms. The molecule has 1 aromatic rings. The molecule has 6 heteroatoms. The largest absolute Gasteiger partial charge is 0.493 e. The summed E-state index contributed by atoms with van der Waals surface area (Å²) in [4.78, 5) is 28.2. The van der Waals surface area contributed by atoms with Gasteiger partial charge in [-0.25, -0.2) is 4.99 Å². The Hall–Kier alpha value is -3.15. The van der Waals surface area contributed by atoms with Crippen molar-refractivity contribution in [1.82, 2.24) is 5.32 Å². The summed E-state index contributed by atoms with van der Waals surface area (Å²) in [6.45, 7) is 0.443. The number of ether oxygens (including phenoxy) is 2. The van der Waals surface area contributed by atoms with E-state index < -0.39 is 5.91 Å². The summed E-state index contributed by atoms with van der Waals surface area (Å²) in [5, 5.41) is 2.88. The average molecular weight is 352 g/mol. The number of rotatable bonds is 6. The van der Waals surface area contributed by atoms with Crippen LogP contribution in [0.1, 0.15) is 5.56 Å². The normalized spacial score (nSPS) is 17.9. The van der Waals surface area contributed by atoms with Gasteiger partial charge in [-0.3, -0.25) is 9.59 Å². The van der Waals surface area contributed by atoms with Gasteiger partial charge in [-0.1, -0.05) is 24.3 Å². The van der Waals surface area contributed by atoms with Gasteiger partial charge in [-0.15, -0.1) is 0 Å². The van der Waals surface area contributed by atoms with Crippen LogP contribution in [0.3, 0.4) is 0 Å². The van der Waals surface area contributed by atoms with Crippen LogP contribution in [0.25, 0.3) is 0 Å². The summed E-state index contributed by atoms with van der Waals surface area (Å²) in [7, 11) is 3.17. The van der Waals surface area contributed by atoms with Crippen molar-refractivity contribution in [1.29, 1.82) is 0 Å². The maximum atomic E-state index is 12.5. The van der Waals surface area contributed by atoms with E-state index in [2.05, 4.69) is 10.3 Å². The quantitative estimate of drug-likeness (QED) is 0.850. The second-order valence-electron chi connectivity index (χ2n) is 5.89. The van der Waals surface area contributed by atoms with Crippen molar-refractivity contribution in [2.45, 2.75) is 6.42 Å². The lowest BCUT2D eigenvalue weighted by Gasteiger charge is -2.21. The fourth-order valence-corrected chi connectivity index (χ4v) is 2.95. The Labute approximate surface area is 151 Å². The molecule has 0 bridgehead atoms. The fourth-order valence-electron chi connectivity index (χ4n) is 2.95. The molecule has 0 fully saturated rings. The number of methoxy groups -OCH3 is 2. The smallest absolute Gasteiger partial charge is 0.270 e. The first kappa shape index (κ1) is 17.7. The number of carbonyl (C=O) groups is 2. The van der Waals surface area contributed by atoms with E-state index in [0.29, 0.717) is 35.7 Å². The van der Waals surface area contributed by atoms with Crippen LogP contribution in [0.15, 0.2) is 59.1 Å². The molecular weight excluding hydrogens is 332 g/mol. The number of nitrogens with zero attached hydrogens (tertiary/aromatic N) is 1. The summed E-state index contributed by atoms with van der Waals surface area (Å²) < 4.78 is 10.5. The molecule has 1 aliphatic carbocycles. The molecule has 1 aliphatic heterocycles. The van der Waals surface area contributed by atoms with Gasteiger partial charge in [0.1, 0.15) is 0 Å². The van der Waals surface area contributed by atoms with Crippen LogP contribution in [0, 0.1) is 5.92 Å². The third-order valence-corrected chi connectivity index (χ3v) is 4.26. The highest BCUT2D eigenvalue weighted by Crippen LogP contribution is 2.27. The lowest BCUT2D eigenvalue weighted by molar-refractivity contribution is -0.119. The minimum absolute atomic E-state index is 0.254. The van der Waals surface area contributed by atoms with Gasteiger partial charge in [-0.2, -0.15) is 0 Å². The van der Waals surface area contributed by atoms with E-state index in [1.807, 2.05) is 30.4 Å². The maximum Gasteiger partial charge on any atom is 0.270 e. The highest BCUT2D eigenvalue weighted by Gasteiger charge is 2.28. The molecule has 1 aromatic carbocycles. The molecule has 1 N–H and O–H groups in total. The minimum atomic E-state index is -0.402. The zero-order chi connectivity index (χ0) is 18.5. The Balaban J connectivity index is 1.62. The number of carbonyl (C=O) groups excluding carboxylic acids is 2. The van der Waals surface area contributed by atoms with Crippen molar-refractivity contribution < 1.29 is 19.1 Å². The molecule has 6 nitrogen and oxygen atoms in total. The highest BCUT2D eigenvalue weighted by molar-refractivity contribution is 6.18. The highest BCUT2D eigenvalue weighted by atomic mass is 16.5. The van der Waals surface area contributed by atoms with Crippen molar-refractivity contribution in [2.75, 3.05) is 20.8 Å². The Kier molecular flexibility index (Phi) is 5.31. The lowest BCUT2D eigenvalue weighted by atomic mass is 9.87. The topological polar surface area (TPSA) is 77.0 Å². The zero-order valence-electron chi connectivity index (χ0n) is 14.7. The van der Waals surface area contributed by atoms with Crippen LogP contribution in [-0.4, -0.2) is 38.3 Å². The predicted octanol–water partition coefficient (Wildman–Crippen LogP) is 2.01. The van der Waals surface area contributed by atoms with Crippen molar-refractivity contribution in [3.63, 3.8) is 0 Å². The van der Waals surface area contributed by atoms with E-state index in [1.54, 1.807) is 26.4 Å². The number of hydrogen-bond donors (Lipinski definition) is 1. The van der Waals surface area contributed by atoms with E-state index in [-0.39, 0.29) is 11.8 Å². The molecule has 1 heterocycles. The first-order valence-corrected chi connectivity index (χ1v) is 8.30. The molecule has 0 aromatic heterocycles. The molecule has 0 saturated carbocycles. The number of allylic oxidation sites excluding steroid dienone is 4. The molecule has 0 saturated heterocycles. The van der Waals surface area contributed by atoms with Crippen LogP contribution in [0.2, 0.25) is 0 Å². The molecule has 134 valence electrons. The van der Waals surface area contributed by atoms with Crippen LogP contribution >= 0.6 is 0 Å². The standard InChI is InChI=1S/C20H20N2O4/c1-25-17-8-7-13(11-18(17)26-2)9-10-21-20(24)15-12-19(23)22-16-6-4-3-5-14(15)16/h3-8,11-12,14H,9-10H2,1-2H3,(H,21,24). The van der Waals surface area contributed by atoms with E-state index in [0.717, 1.165) is 5.56 Å². The van der Waals surface area contributed by atoms with Crippen LogP contribution < -0.4 is 14.8 Å². The van der Waals surface area contributed by atoms with Gasteiger partial charge in [0.05, 0.1) is 25.8 Å². The lowest BCUT2D eigenvalue weighted by Crippen LogP contribution is -2.34. The minimum Gasteiger partial charge on any atom is -0.493 e. The number of dihydropyridines is 1. The Morgan fingerprint density at radius 2 is 2.00 bits per heavy atom. The van der Waals surface area contributed by atoms with Crippen LogP contribution in [-0.2, 0) is 16.0 Å². The molecule has 2 aliphatic rings. The second-order valence-corrected chi connectivity index (χ2v) is 5.89. The maximum absolute atomic E-state index is 12.5. The third-order valence-electron chi connectivity index (χ3n) is 4.26. The summed E-state index contributed by atoms with van der Waals surface area (Å²) in [6.07, 6.45) is 9.22. The van der Waals surface area contributed by atoms with Crippen molar-refractivity contribution in [2.24, 2.45) is 10.9 Å². The van der Waals surface area contributed by atoms with Crippen molar-refractivity contribution >= 4 is 17.5 Å². The summed E-state index contributed by atoms with van der Waals surface area (Å²) in [6, 6.07) is 5.64. The fraction of sp³-hybridized carbons (Fsp3) is 0.250. The summed E-state index contributed by atoms with van der Waals surface area (Å²) >= 11 is 0. The molecule has 3 rings (SSSR count). The van der Waals surface area contributed by atoms with Gasteiger partial charge < -0.3 is 14.8 Å². The van der Waals surface area contributed by atoms with Crippen molar-refractivity contribution in [3.05, 3.63) is 59.7 Å². The first-order valence-electron chi connectivity index (χ1n) is 8.30. The molecule has 1 unspecified atom stereocenters. The number of amides is 2. The van der Waals surface area contributed by atoms with E-state index in [4.69, 9.17) is 9.47 Å². The molecule has 0 spiro atoms.